The quantitative estimate of drug-likeness (QED) is 0.387. The molecule has 28 heavy (non-hydrogen) atoms. The molecule has 0 aliphatic carbocycles. The van der Waals surface area contributed by atoms with Gasteiger partial charge in [0.15, 0.2) is 5.96 Å². The summed E-state index contributed by atoms with van der Waals surface area (Å²) in [4.78, 5) is 11.2. The summed E-state index contributed by atoms with van der Waals surface area (Å²) >= 11 is 1.85. The molecule has 0 amide bonds. The van der Waals surface area contributed by atoms with Crippen molar-refractivity contribution in [1.29, 1.82) is 0 Å². The Balaban J connectivity index is 1.33. The first-order valence-corrected chi connectivity index (χ1v) is 11.7. The molecule has 2 aliphatic heterocycles. The predicted molar refractivity (Wildman–Crippen MR) is 116 cm³/mol. The zero-order chi connectivity index (χ0) is 19.4. The molecule has 3 heterocycles. The zero-order valence-electron chi connectivity index (χ0n) is 17.3. The van der Waals surface area contributed by atoms with Gasteiger partial charge in [-0.25, -0.2) is 0 Å². The molecule has 0 bridgehead atoms. The minimum Gasteiger partial charge on any atom is -0.381 e. The molecular weight excluding hydrogens is 372 g/mol. The fourth-order valence-corrected chi connectivity index (χ4v) is 4.43. The highest BCUT2D eigenvalue weighted by molar-refractivity contribution is 7.09. The predicted octanol–water partition coefficient (Wildman–Crippen LogP) is 2.66. The Morgan fingerprint density at radius 2 is 2.11 bits per heavy atom. The standard InChI is InChI=1S/C21H36N4O2S/c1-2-22-21(23-8-4-13-27-18-19-6-14-26-15-7-19)25-11-9-24(10-12-25)17-20-5-3-16-28-20/h3,5,16,19H,2,4,6-15,17-18H2,1H3,(H,22,23). The van der Waals surface area contributed by atoms with Gasteiger partial charge in [0, 0.05) is 77.1 Å². The molecule has 0 radical (unpaired) electrons. The summed E-state index contributed by atoms with van der Waals surface area (Å²) in [7, 11) is 0. The summed E-state index contributed by atoms with van der Waals surface area (Å²) in [6.45, 7) is 12.7. The average molecular weight is 409 g/mol. The lowest BCUT2D eigenvalue weighted by molar-refractivity contribution is 0.0205. The highest BCUT2D eigenvalue weighted by Crippen LogP contribution is 2.15. The van der Waals surface area contributed by atoms with Crippen LogP contribution in [-0.4, -0.2) is 81.5 Å². The Kier molecular flexibility index (Phi) is 9.56. The van der Waals surface area contributed by atoms with Gasteiger partial charge in [0.2, 0.25) is 0 Å². The lowest BCUT2D eigenvalue weighted by atomic mass is 10.0. The van der Waals surface area contributed by atoms with E-state index in [1.807, 2.05) is 11.3 Å². The number of rotatable bonds is 9. The molecule has 158 valence electrons. The van der Waals surface area contributed by atoms with Crippen LogP contribution in [-0.2, 0) is 16.0 Å². The van der Waals surface area contributed by atoms with Gasteiger partial charge in [0.1, 0.15) is 0 Å². The summed E-state index contributed by atoms with van der Waals surface area (Å²) in [6, 6.07) is 4.37. The van der Waals surface area contributed by atoms with E-state index in [0.717, 1.165) is 97.5 Å². The van der Waals surface area contributed by atoms with Gasteiger partial charge in [0.05, 0.1) is 0 Å². The van der Waals surface area contributed by atoms with E-state index in [1.165, 1.54) is 4.88 Å². The first-order valence-electron chi connectivity index (χ1n) is 10.8. The van der Waals surface area contributed by atoms with Crippen molar-refractivity contribution in [2.45, 2.75) is 32.7 Å². The minimum atomic E-state index is 0.681. The fourth-order valence-electron chi connectivity index (χ4n) is 3.68. The van der Waals surface area contributed by atoms with Crippen molar-refractivity contribution in [3.05, 3.63) is 22.4 Å². The van der Waals surface area contributed by atoms with Crippen molar-refractivity contribution in [3.63, 3.8) is 0 Å². The van der Waals surface area contributed by atoms with Crippen molar-refractivity contribution in [1.82, 2.24) is 15.1 Å². The van der Waals surface area contributed by atoms with Gasteiger partial charge in [-0.2, -0.15) is 0 Å². The van der Waals surface area contributed by atoms with Crippen LogP contribution in [0.3, 0.4) is 0 Å². The molecule has 7 heteroatoms. The molecule has 0 saturated carbocycles. The number of thiophene rings is 1. The molecule has 2 aliphatic rings. The van der Waals surface area contributed by atoms with Crippen LogP contribution < -0.4 is 5.32 Å². The molecule has 2 saturated heterocycles. The summed E-state index contributed by atoms with van der Waals surface area (Å²) < 4.78 is 11.3. The highest BCUT2D eigenvalue weighted by Gasteiger charge is 2.19. The van der Waals surface area contributed by atoms with Crippen LogP contribution in [0.4, 0.5) is 0 Å². The molecule has 1 N–H and O–H groups in total. The second-order valence-electron chi connectivity index (χ2n) is 7.56. The minimum absolute atomic E-state index is 0.681. The van der Waals surface area contributed by atoms with Crippen LogP contribution in [0, 0.1) is 5.92 Å². The molecule has 1 aromatic rings. The maximum Gasteiger partial charge on any atom is 0.194 e. The third kappa shape index (κ3) is 7.35. The second kappa shape index (κ2) is 12.4. The van der Waals surface area contributed by atoms with Crippen LogP contribution in [0.5, 0.6) is 0 Å². The molecule has 2 fully saturated rings. The molecule has 1 aromatic heterocycles. The molecule has 0 atom stereocenters. The van der Waals surface area contributed by atoms with E-state index in [2.05, 4.69) is 39.6 Å². The lowest BCUT2D eigenvalue weighted by Gasteiger charge is -2.36. The molecule has 6 nitrogen and oxygen atoms in total. The maximum atomic E-state index is 5.86. The summed E-state index contributed by atoms with van der Waals surface area (Å²) in [5.41, 5.74) is 0. The smallest absolute Gasteiger partial charge is 0.194 e. The van der Waals surface area contributed by atoms with Gasteiger partial charge in [-0.3, -0.25) is 9.89 Å². The first-order chi connectivity index (χ1) is 13.8. The average Bonchev–Trinajstić information content (AvgIpc) is 3.24. The van der Waals surface area contributed by atoms with Crippen molar-refractivity contribution in [3.8, 4) is 0 Å². The van der Waals surface area contributed by atoms with E-state index in [9.17, 15) is 0 Å². The van der Waals surface area contributed by atoms with E-state index in [-0.39, 0.29) is 0 Å². The van der Waals surface area contributed by atoms with E-state index in [0.29, 0.717) is 5.92 Å². The number of aliphatic imine (C=N–C) groups is 1. The first kappa shape index (κ1) is 21.6. The van der Waals surface area contributed by atoms with Crippen molar-refractivity contribution >= 4 is 17.3 Å². The van der Waals surface area contributed by atoms with Crippen LogP contribution in [0.25, 0.3) is 0 Å². The number of hydrogen-bond donors (Lipinski definition) is 1. The Bertz CT molecular complexity index is 553. The number of hydrogen-bond acceptors (Lipinski definition) is 5. The number of guanidine groups is 1. The van der Waals surface area contributed by atoms with Gasteiger partial charge in [-0.1, -0.05) is 6.07 Å². The second-order valence-corrected chi connectivity index (χ2v) is 8.59. The van der Waals surface area contributed by atoms with Gasteiger partial charge in [-0.15, -0.1) is 11.3 Å². The lowest BCUT2D eigenvalue weighted by Crippen LogP contribution is -2.52. The Labute approximate surface area is 173 Å². The van der Waals surface area contributed by atoms with Gasteiger partial charge >= 0.3 is 0 Å². The van der Waals surface area contributed by atoms with E-state index >= 15 is 0 Å². The Hall–Kier alpha value is -1.15. The van der Waals surface area contributed by atoms with Crippen molar-refractivity contribution in [2.75, 3.05) is 65.7 Å². The normalized spacial score (nSPS) is 19.9. The fraction of sp³-hybridized carbons (Fsp3) is 0.762. The Morgan fingerprint density at radius 1 is 1.29 bits per heavy atom. The van der Waals surface area contributed by atoms with E-state index in [1.54, 1.807) is 0 Å². The highest BCUT2D eigenvalue weighted by atomic mass is 32.1. The Morgan fingerprint density at radius 3 is 2.82 bits per heavy atom. The van der Waals surface area contributed by atoms with Gasteiger partial charge < -0.3 is 19.7 Å². The SMILES string of the molecule is CCNC(=NCCCOCC1CCOCC1)N1CCN(Cc2cccs2)CC1. The maximum absolute atomic E-state index is 5.86. The van der Waals surface area contributed by atoms with Crippen molar-refractivity contribution in [2.24, 2.45) is 10.9 Å². The molecule has 0 spiro atoms. The monoisotopic (exact) mass is 408 g/mol. The number of piperazine rings is 1. The van der Waals surface area contributed by atoms with E-state index in [4.69, 9.17) is 14.5 Å². The van der Waals surface area contributed by atoms with Crippen LogP contribution in [0.1, 0.15) is 31.1 Å². The van der Waals surface area contributed by atoms with E-state index < -0.39 is 0 Å². The summed E-state index contributed by atoms with van der Waals surface area (Å²) in [5, 5.41) is 5.62. The van der Waals surface area contributed by atoms with Crippen molar-refractivity contribution < 1.29 is 9.47 Å². The number of ether oxygens (including phenoxy) is 2. The third-order valence-electron chi connectivity index (χ3n) is 5.37. The van der Waals surface area contributed by atoms with Gasteiger partial charge in [0.25, 0.3) is 0 Å². The molecule has 0 aromatic carbocycles. The molecule has 3 rings (SSSR count). The van der Waals surface area contributed by atoms with Gasteiger partial charge in [-0.05, 0) is 43.6 Å². The summed E-state index contributed by atoms with van der Waals surface area (Å²) in [6.07, 6.45) is 3.26. The van der Waals surface area contributed by atoms with Crippen LogP contribution in [0.15, 0.2) is 22.5 Å². The topological polar surface area (TPSA) is 49.3 Å². The molecule has 0 unspecified atom stereocenters. The molecular formula is C21H36N4O2S. The number of nitrogens with one attached hydrogen (secondary N) is 1. The third-order valence-corrected chi connectivity index (χ3v) is 6.23. The van der Waals surface area contributed by atoms with Crippen LogP contribution in [0.2, 0.25) is 0 Å². The largest absolute Gasteiger partial charge is 0.381 e. The summed E-state index contributed by atoms with van der Waals surface area (Å²) in [5.74, 6) is 1.74. The zero-order valence-corrected chi connectivity index (χ0v) is 18.1. The number of nitrogens with zero attached hydrogens (tertiary/aromatic N) is 3. The van der Waals surface area contributed by atoms with Crippen LogP contribution >= 0.6 is 11.3 Å².